The third kappa shape index (κ3) is 3.00. The number of nitrogens with zero attached hydrogens (tertiary/aromatic N) is 2. The molecule has 1 aromatic heterocycles. The Kier molecular flexibility index (Phi) is 3.11. The van der Waals surface area contributed by atoms with E-state index in [-0.39, 0.29) is 11.4 Å². The van der Waals surface area contributed by atoms with Crippen molar-refractivity contribution in [2.24, 2.45) is 0 Å². The molecule has 0 fully saturated rings. The van der Waals surface area contributed by atoms with Crippen LogP contribution in [0.2, 0.25) is 0 Å². The lowest BCUT2D eigenvalue weighted by atomic mass is 10.1. The van der Waals surface area contributed by atoms with E-state index >= 15 is 0 Å². The molecule has 2 aromatic rings. The molecule has 0 amide bonds. The molecule has 0 aliphatic heterocycles. The second kappa shape index (κ2) is 4.59. The van der Waals surface area contributed by atoms with Crippen molar-refractivity contribution in [1.29, 1.82) is 0 Å². The zero-order chi connectivity index (χ0) is 14.0. The van der Waals surface area contributed by atoms with Gasteiger partial charge in [-0.3, -0.25) is 15.2 Å². The van der Waals surface area contributed by atoms with Crippen LogP contribution in [0.3, 0.4) is 0 Å². The third-order valence-electron chi connectivity index (χ3n) is 2.19. The Labute approximate surface area is 104 Å². The van der Waals surface area contributed by atoms with E-state index in [0.29, 0.717) is 5.56 Å². The molecule has 0 saturated heterocycles. The molecule has 0 saturated carbocycles. The Morgan fingerprint density at radius 2 is 1.89 bits per heavy atom. The largest absolute Gasteiger partial charge is 0.573 e. The summed E-state index contributed by atoms with van der Waals surface area (Å²) in [6.07, 6.45) is -3.75. The molecule has 0 aliphatic carbocycles. The van der Waals surface area contributed by atoms with Crippen LogP contribution in [-0.2, 0) is 0 Å². The first-order valence-electron chi connectivity index (χ1n) is 4.91. The summed E-state index contributed by atoms with van der Waals surface area (Å²) in [6.45, 7) is 0. The minimum absolute atomic E-state index is 0.114. The van der Waals surface area contributed by atoms with Crippen LogP contribution < -0.4 is 4.74 Å². The van der Waals surface area contributed by atoms with E-state index in [1.807, 2.05) is 0 Å². The molecule has 0 spiro atoms. The number of rotatable bonds is 3. The highest BCUT2D eigenvalue weighted by molar-refractivity contribution is 5.69. The van der Waals surface area contributed by atoms with Gasteiger partial charge in [-0.25, -0.2) is 0 Å². The van der Waals surface area contributed by atoms with Crippen LogP contribution in [-0.4, -0.2) is 21.5 Å². The van der Waals surface area contributed by atoms with Crippen LogP contribution in [0.1, 0.15) is 0 Å². The number of H-pyrrole nitrogens is 1. The highest BCUT2D eigenvalue weighted by atomic mass is 19.4. The van der Waals surface area contributed by atoms with Gasteiger partial charge >= 0.3 is 12.0 Å². The molecule has 0 radical (unpaired) electrons. The van der Waals surface area contributed by atoms with E-state index < -0.39 is 17.0 Å². The smallest absolute Gasteiger partial charge is 0.406 e. The lowest BCUT2D eigenvalue weighted by Crippen LogP contribution is -2.16. The van der Waals surface area contributed by atoms with Gasteiger partial charge in [0.1, 0.15) is 17.6 Å². The highest BCUT2D eigenvalue weighted by Crippen LogP contribution is 2.29. The molecule has 9 heteroatoms. The first-order chi connectivity index (χ1) is 8.87. The molecule has 0 unspecified atom stereocenters. The fourth-order valence-electron chi connectivity index (χ4n) is 1.45. The van der Waals surface area contributed by atoms with Crippen LogP contribution in [0.25, 0.3) is 11.3 Å². The predicted molar refractivity (Wildman–Crippen MR) is 57.4 cm³/mol. The summed E-state index contributed by atoms with van der Waals surface area (Å²) in [5.41, 5.74) is 0.187. The zero-order valence-corrected chi connectivity index (χ0v) is 9.14. The van der Waals surface area contributed by atoms with E-state index in [9.17, 15) is 23.3 Å². The molecule has 1 aromatic carbocycles. The standard InChI is InChI=1S/C10H6F3N3O3/c11-10(12,13)19-7-3-1-6(2-4-7)9-8(16(17)18)5-14-15-9/h1-5H,(H,14,15). The van der Waals surface area contributed by atoms with Gasteiger partial charge in [0.15, 0.2) is 0 Å². The molecule has 1 heterocycles. The highest BCUT2D eigenvalue weighted by Gasteiger charge is 2.31. The Bertz CT molecular complexity index is 592. The molecule has 0 atom stereocenters. The van der Waals surface area contributed by atoms with E-state index in [2.05, 4.69) is 14.9 Å². The predicted octanol–water partition coefficient (Wildman–Crippen LogP) is 2.88. The van der Waals surface area contributed by atoms with Gasteiger partial charge in [-0.05, 0) is 24.3 Å². The molecule has 6 nitrogen and oxygen atoms in total. The van der Waals surface area contributed by atoms with Crippen molar-refractivity contribution in [3.63, 3.8) is 0 Å². The van der Waals surface area contributed by atoms with Crippen LogP contribution in [0.15, 0.2) is 30.5 Å². The summed E-state index contributed by atoms with van der Waals surface area (Å²) in [4.78, 5) is 10.0. The summed E-state index contributed by atoms with van der Waals surface area (Å²) < 4.78 is 39.6. The minimum Gasteiger partial charge on any atom is -0.406 e. The number of aromatic amines is 1. The Morgan fingerprint density at radius 3 is 2.42 bits per heavy atom. The van der Waals surface area contributed by atoms with E-state index in [0.717, 1.165) is 18.3 Å². The van der Waals surface area contributed by atoms with Crippen LogP contribution in [0.5, 0.6) is 5.75 Å². The number of benzene rings is 1. The molecule has 2 rings (SSSR count). The summed E-state index contributed by atoms with van der Waals surface area (Å²) in [6, 6.07) is 4.66. The van der Waals surface area contributed by atoms with Gasteiger partial charge in [0, 0.05) is 5.56 Å². The second-order valence-corrected chi connectivity index (χ2v) is 3.46. The first-order valence-corrected chi connectivity index (χ1v) is 4.91. The number of halogens is 3. The Hall–Kier alpha value is -2.58. The first kappa shape index (κ1) is 12.9. The molecule has 0 bridgehead atoms. The number of aromatic nitrogens is 2. The fraction of sp³-hybridized carbons (Fsp3) is 0.100. The van der Waals surface area contributed by atoms with Crippen LogP contribution >= 0.6 is 0 Å². The number of hydrogen-bond acceptors (Lipinski definition) is 4. The molecule has 19 heavy (non-hydrogen) atoms. The van der Waals surface area contributed by atoms with Crippen molar-refractivity contribution in [3.8, 4) is 17.0 Å². The van der Waals surface area contributed by atoms with Gasteiger partial charge in [0.25, 0.3) is 0 Å². The van der Waals surface area contributed by atoms with E-state index in [4.69, 9.17) is 0 Å². The van der Waals surface area contributed by atoms with Crippen LogP contribution in [0.4, 0.5) is 18.9 Å². The van der Waals surface area contributed by atoms with Gasteiger partial charge in [-0.1, -0.05) is 0 Å². The van der Waals surface area contributed by atoms with Gasteiger partial charge in [-0.15, -0.1) is 13.2 Å². The summed E-state index contributed by atoms with van der Waals surface area (Å²) >= 11 is 0. The average Bonchev–Trinajstić information content (AvgIpc) is 2.76. The minimum atomic E-state index is -4.78. The monoisotopic (exact) mass is 273 g/mol. The second-order valence-electron chi connectivity index (χ2n) is 3.46. The zero-order valence-electron chi connectivity index (χ0n) is 9.14. The molecular weight excluding hydrogens is 267 g/mol. The number of hydrogen-bond donors (Lipinski definition) is 1. The average molecular weight is 273 g/mol. The van der Waals surface area contributed by atoms with Gasteiger partial charge < -0.3 is 4.74 Å². The van der Waals surface area contributed by atoms with Crippen molar-refractivity contribution in [3.05, 3.63) is 40.6 Å². The third-order valence-corrected chi connectivity index (χ3v) is 2.19. The fourth-order valence-corrected chi connectivity index (χ4v) is 1.45. The van der Waals surface area contributed by atoms with Crippen molar-refractivity contribution in [1.82, 2.24) is 10.2 Å². The molecule has 100 valence electrons. The Morgan fingerprint density at radius 1 is 1.26 bits per heavy atom. The van der Waals surface area contributed by atoms with Crippen molar-refractivity contribution >= 4 is 5.69 Å². The SMILES string of the molecule is O=[N+]([O-])c1cn[nH]c1-c1ccc(OC(F)(F)F)cc1. The van der Waals surface area contributed by atoms with Crippen molar-refractivity contribution in [2.45, 2.75) is 6.36 Å². The van der Waals surface area contributed by atoms with Crippen molar-refractivity contribution in [2.75, 3.05) is 0 Å². The quantitative estimate of drug-likeness (QED) is 0.688. The number of nitro groups is 1. The number of ether oxygens (including phenoxy) is 1. The summed E-state index contributed by atoms with van der Waals surface area (Å²) in [7, 11) is 0. The van der Waals surface area contributed by atoms with Gasteiger partial charge in [-0.2, -0.15) is 5.10 Å². The van der Waals surface area contributed by atoms with Gasteiger partial charge in [0.2, 0.25) is 0 Å². The lowest BCUT2D eigenvalue weighted by molar-refractivity contribution is -0.384. The summed E-state index contributed by atoms with van der Waals surface area (Å²) in [5, 5.41) is 16.6. The molecule has 0 aliphatic rings. The topological polar surface area (TPSA) is 81.0 Å². The maximum absolute atomic E-state index is 12.0. The van der Waals surface area contributed by atoms with E-state index in [1.54, 1.807) is 0 Å². The van der Waals surface area contributed by atoms with Crippen LogP contribution in [0, 0.1) is 10.1 Å². The number of nitrogens with one attached hydrogen (secondary N) is 1. The number of alkyl halides is 3. The Balaban J connectivity index is 2.28. The summed E-state index contributed by atoms with van der Waals surface area (Å²) in [5.74, 6) is -0.404. The lowest BCUT2D eigenvalue weighted by Gasteiger charge is -2.08. The molecular formula is C10H6F3N3O3. The van der Waals surface area contributed by atoms with Gasteiger partial charge in [0.05, 0.1) is 4.92 Å². The maximum Gasteiger partial charge on any atom is 0.573 e. The maximum atomic E-state index is 12.0. The molecule has 1 N–H and O–H groups in total. The normalized spacial score (nSPS) is 11.3. The van der Waals surface area contributed by atoms with Crippen molar-refractivity contribution < 1.29 is 22.8 Å². The van der Waals surface area contributed by atoms with E-state index in [1.165, 1.54) is 12.1 Å².